The number of hydrogen-bond acceptors (Lipinski definition) is 5. The van der Waals surface area contributed by atoms with Gasteiger partial charge >= 0.3 is 0 Å². The highest BCUT2D eigenvalue weighted by molar-refractivity contribution is 7.91. The predicted molar refractivity (Wildman–Crippen MR) is 89.3 cm³/mol. The lowest BCUT2D eigenvalue weighted by Crippen LogP contribution is -2.61. The first-order valence-corrected chi connectivity index (χ1v) is 9.70. The van der Waals surface area contributed by atoms with Gasteiger partial charge in [-0.3, -0.25) is 9.69 Å². The number of rotatable bonds is 3. The third-order valence-electron chi connectivity index (χ3n) is 4.67. The molecule has 1 aromatic carbocycles. The molecule has 0 aliphatic carbocycles. The lowest BCUT2D eigenvalue weighted by molar-refractivity contribution is -0.123. The Morgan fingerprint density at radius 3 is 2.50 bits per heavy atom. The number of para-hydroxylation sites is 1. The van der Waals surface area contributed by atoms with Crippen LogP contribution in [0.2, 0.25) is 0 Å². The summed E-state index contributed by atoms with van der Waals surface area (Å²) in [6.45, 7) is 0.629. The van der Waals surface area contributed by atoms with E-state index in [1.54, 1.807) is 17.2 Å². The summed E-state index contributed by atoms with van der Waals surface area (Å²) in [7, 11) is -3.17. The third kappa shape index (κ3) is 2.74. The number of carbonyl (C=O) groups is 1. The van der Waals surface area contributed by atoms with Gasteiger partial charge in [-0.25, -0.2) is 8.42 Å². The molecule has 2 fully saturated rings. The molecule has 2 aromatic rings. The molecule has 4 rings (SSSR count). The highest BCUT2D eigenvalue weighted by Crippen LogP contribution is 2.32. The van der Waals surface area contributed by atoms with E-state index < -0.39 is 9.84 Å². The molecule has 0 saturated carbocycles. The zero-order valence-corrected chi connectivity index (χ0v) is 13.9. The lowest BCUT2D eigenvalue weighted by Gasteiger charge is -2.43. The Labute approximate surface area is 140 Å². The van der Waals surface area contributed by atoms with Crippen molar-refractivity contribution >= 4 is 21.4 Å². The van der Waals surface area contributed by atoms with E-state index in [-0.39, 0.29) is 36.0 Å². The Bertz CT molecular complexity index is 833. The Morgan fingerprint density at radius 1 is 1.04 bits per heavy atom. The van der Waals surface area contributed by atoms with Crippen molar-refractivity contribution in [1.29, 1.82) is 0 Å². The molecule has 0 spiro atoms. The quantitative estimate of drug-likeness (QED) is 0.838. The molecule has 2 aliphatic rings. The van der Waals surface area contributed by atoms with Gasteiger partial charge in [0.25, 0.3) is 0 Å². The predicted octanol–water partition coefficient (Wildman–Crippen LogP) is 1.29. The van der Waals surface area contributed by atoms with Crippen molar-refractivity contribution in [2.24, 2.45) is 0 Å². The number of nitrogens with zero attached hydrogens (tertiary/aromatic N) is 2. The average Bonchev–Trinajstić information content (AvgIpc) is 3.15. The molecule has 0 radical (unpaired) electrons. The lowest BCUT2D eigenvalue weighted by atomic mass is 10.0. The molecular weight excluding hydrogens is 328 g/mol. The molecule has 7 heteroatoms. The number of fused-ring (bicyclic) bond motifs is 1. The second kappa shape index (κ2) is 5.75. The van der Waals surface area contributed by atoms with Gasteiger partial charge in [0.2, 0.25) is 5.91 Å². The fourth-order valence-corrected chi connectivity index (χ4v) is 5.64. The Kier molecular flexibility index (Phi) is 3.69. The first kappa shape index (κ1) is 15.4. The molecule has 2 aliphatic heterocycles. The molecule has 2 saturated heterocycles. The number of anilines is 1. The van der Waals surface area contributed by atoms with Gasteiger partial charge in [0.15, 0.2) is 9.84 Å². The number of piperazine rings is 1. The largest absolute Gasteiger partial charge is 0.468 e. The van der Waals surface area contributed by atoms with Crippen LogP contribution in [0.4, 0.5) is 5.69 Å². The monoisotopic (exact) mass is 346 g/mol. The summed E-state index contributed by atoms with van der Waals surface area (Å²) in [6.07, 6.45) is 1.58. The van der Waals surface area contributed by atoms with Crippen LogP contribution in [0.5, 0.6) is 0 Å². The number of hydrogen-bond donors (Lipinski definition) is 0. The second-order valence-electron chi connectivity index (χ2n) is 6.30. The SMILES string of the molecule is O=C1CN(Cc2ccco2)[C@H]2CS(=O)(=O)C[C@H]2N1c1ccccc1. The molecule has 1 aromatic heterocycles. The fourth-order valence-electron chi connectivity index (χ4n) is 3.66. The molecular formula is C17H18N2O4S. The summed E-state index contributed by atoms with van der Waals surface area (Å²) >= 11 is 0. The standard InChI is InChI=1S/C17H18N2O4S/c20-17-10-18(9-14-7-4-8-23-14)15-11-24(21,22)12-16(15)19(17)13-5-2-1-3-6-13/h1-8,15-16H,9-12H2/t15-,16+/m0/s1. The molecule has 0 bridgehead atoms. The van der Waals surface area contributed by atoms with E-state index in [1.807, 2.05) is 41.3 Å². The van der Waals surface area contributed by atoms with E-state index in [2.05, 4.69) is 0 Å². The van der Waals surface area contributed by atoms with Crippen LogP contribution in [-0.4, -0.2) is 49.4 Å². The van der Waals surface area contributed by atoms with E-state index in [0.29, 0.717) is 6.54 Å². The summed E-state index contributed by atoms with van der Waals surface area (Å²) in [5.74, 6) is 0.743. The van der Waals surface area contributed by atoms with Crippen LogP contribution < -0.4 is 4.90 Å². The Hall–Kier alpha value is -2.12. The molecule has 24 heavy (non-hydrogen) atoms. The van der Waals surface area contributed by atoms with Gasteiger partial charge in [-0.2, -0.15) is 0 Å². The smallest absolute Gasteiger partial charge is 0.241 e. The minimum Gasteiger partial charge on any atom is -0.468 e. The number of carbonyl (C=O) groups excluding carboxylic acids is 1. The molecule has 0 unspecified atom stereocenters. The van der Waals surface area contributed by atoms with Crippen LogP contribution in [-0.2, 0) is 21.2 Å². The van der Waals surface area contributed by atoms with E-state index in [4.69, 9.17) is 4.42 Å². The van der Waals surface area contributed by atoms with Crippen molar-refractivity contribution in [3.8, 4) is 0 Å². The summed E-state index contributed by atoms with van der Waals surface area (Å²) < 4.78 is 29.8. The van der Waals surface area contributed by atoms with Crippen LogP contribution >= 0.6 is 0 Å². The minimum atomic E-state index is -3.17. The number of sulfone groups is 1. The van der Waals surface area contributed by atoms with E-state index in [1.165, 1.54) is 0 Å². The maximum absolute atomic E-state index is 12.7. The molecule has 0 N–H and O–H groups in total. The molecule has 2 atom stereocenters. The maximum atomic E-state index is 12.7. The summed E-state index contributed by atoms with van der Waals surface area (Å²) in [4.78, 5) is 16.3. The van der Waals surface area contributed by atoms with Crippen molar-refractivity contribution in [2.45, 2.75) is 18.6 Å². The minimum absolute atomic E-state index is 0.00690. The van der Waals surface area contributed by atoms with Crippen LogP contribution in [0.15, 0.2) is 53.1 Å². The first-order valence-electron chi connectivity index (χ1n) is 7.87. The van der Waals surface area contributed by atoms with Crippen molar-refractivity contribution in [3.63, 3.8) is 0 Å². The van der Waals surface area contributed by atoms with E-state index >= 15 is 0 Å². The molecule has 1 amide bonds. The van der Waals surface area contributed by atoms with Crippen molar-refractivity contribution < 1.29 is 17.6 Å². The van der Waals surface area contributed by atoms with Crippen LogP contribution in [0.3, 0.4) is 0 Å². The van der Waals surface area contributed by atoms with Gasteiger partial charge in [0.1, 0.15) is 5.76 Å². The molecule has 6 nitrogen and oxygen atoms in total. The number of amides is 1. The van der Waals surface area contributed by atoms with Gasteiger partial charge in [0.05, 0.1) is 36.9 Å². The summed E-state index contributed by atoms with van der Waals surface area (Å²) in [5.41, 5.74) is 0.757. The summed E-state index contributed by atoms with van der Waals surface area (Å²) in [5, 5.41) is 0. The number of furan rings is 1. The van der Waals surface area contributed by atoms with Crippen LogP contribution in [0.1, 0.15) is 5.76 Å². The van der Waals surface area contributed by atoms with Crippen LogP contribution in [0, 0.1) is 0 Å². The van der Waals surface area contributed by atoms with Gasteiger partial charge in [-0.1, -0.05) is 18.2 Å². The van der Waals surface area contributed by atoms with Crippen molar-refractivity contribution in [1.82, 2.24) is 4.90 Å². The van der Waals surface area contributed by atoms with Crippen molar-refractivity contribution in [2.75, 3.05) is 23.0 Å². The van der Waals surface area contributed by atoms with Crippen LogP contribution in [0.25, 0.3) is 0 Å². The third-order valence-corrected chi connectivity index (χ3v) is 6.37. The van der Waals surface area contributed by atoms with Gasteiger partial charge in [-0.15, -0.1) is 0 Å². The molecule has 126 valence electrons. The van der Waals surface area contributed by atoms with E-state index in [9.17, 15) is 13.2 Å². The fraction of sp³-hybridized carbons (Fsp3) is 0.353. The van der Waals surface area contributed by atoms with Crippen molar-refractivity contribution in [3.05, 3.63) is 54.5 Å². The topological polar surface area (TPSA) is 70.8 Å². The number of benzene rings is 1. The maximum Gasteiger partial charge on any atom is 0.241 e. The highest BCUT2D eigenvalue weighted by Gasteiger charge is 2.49. The normalized spacial score (nSPS) is 26.5. The van der Waals surface area contributed by atoms with Gasteiger partial charge in [0, 0.05) is 11.7 Å². The second-order valence-corrected chi connectivity index (χ2v) is 8.45. The summed E-state index contributed by atoms with van der Waals surface area (Å²) in [6, 6.07) is 12.4. The zero-order valence-electron chi connectivity index (χ0n) is 13.0. The van der Waals surface area contributed by atoms with Gasteiger partial charge in [-0.05, 0) is 24.3 Å². The first-order chi connectivity index (χ1) is 11.5. The average molecular weight is 346 g/mol. The molecule has 3 heterocycles. The Balaban J connectivity index is 1.68. The van der Waals surface area contributed by atoms with Gasteiger partial charge < -0.3 is 9.32 Å². The highest BCUT2D eigenvalue weighted by atomic mass is 32.2. The van der Waals surface area contributed by atoms with E-state index in [0.717, 1.165) is 11.4 Å². The zero-order chi connectivity index (χ0) is 16.7. The Morgan fingerprint density at radius 2 is 1.79 bits per heavy atom.